The minimum atomic E-state index is -3.99. The second-order valence-electron chi connectivity index (χ2n) is 11.0. The molecule has 0 radical (unpaired) electrons. The Balaban J connectivity index is 1.74. The molecule has 0 heterocycles. The van der Waals surface area contributed by atoms with Crippen LogP contribution in [0.5, 0.6) is 11.5 Å². The largest absolute Gasteiger partial charge is 0.497 e. The van der Waals surface area contributed by atoms with Gasteiger partial charge in [0, 0.05) is 25.1 Å². The molecule has 0 unspecified atom stereocenters. The normalized spacial score (nSPS) is 14.4. The number of rotatable bonds is 13. The Morgan fingerprint density at radius 2 is 1.61 bits per heavy atom. The van der Waals surface area contributed by atoms with Crippen LogP contribution in [0.4, 0.5) is 10.1 Å². The second kappa shape index (κ2) is 15.1. The van der Waals surface area contributed by atoms with Crippen LogP contribution in [-0.2, 0) is 32.6 Å². The first-order valence-corrected chi connectivity index (χ1v) is 16.5. The van der Waals surface area contributed by atoms with Gasteiger partial charge in [0.15, 0.2) is 0 Å². The first kappa shape index (κ1) is 32.8. The van der Waals surface area contributed by atoms with Gasteiger partial charge >= 0.3 is 0 Å². The van der Waals surface area contributed by atoms with Gasteiger partial charge in [-0.2, -0.15) is 0 Å². The fraction of sp³-hybridized carbons (Fsp3) is 0.394. The number of sulfonamides is 1. The topological polar surface area (TPSA) is 105 Å². The van der Waals surface area contributed by atoms with Crippen molar-refractivity contribution in [1.82, 2.24) is 10.2 Å². The highest BCUT2D eigenvalue weighted by Gasteiger charge is 2.34. The quantitative estimate of drug-likeness (QED) is 0.295. The van der Waals surface area contributed by atoms with Crippen LogP contribution in [0, 0.1) is 5.82 Å². The number of methoxy groups -OCH3 is 2. The van der Waals surface area contributed by atoms with E-state index < -0.39 is 34.3 Å². The molecule has 0 spiro atoms. The first-order chi connectivity index (χ1) is 21.1. The molecule has 11 heteroatoms. The fourth-order valence-corrected chi connectivity index (χ4v) is 6.32. The lowest BCUT2D eigenvalue weighted by Crippen LogP contribution is -2.55. The third kappa shape index (κ3) is 8.72. The van der Waals surface area contributed by atoms with Gasteiger partial charge in [-0.1, -0.05) is 61.7 Å². The number of ether oxygens (including phenoxy) is 2. The van der Waals surface area contributed by atoms with Crippen LogP contribution in [0.2, 0.25) is 0 Å². The van der Waals surface area contributed by atoms with Crippen molar-refractivity contribution in [3.05, 3.63) is 89.7 Å². The van der Waals surface area contributed by atoms with Gasteiger partial charge in [-0.05, 0) is 48.2 Å². The summed E-state index contributed by atoms with van der Waals surface area (Å²) in [5, 5.41) is 3.16. The Bertz CT molecular complexity index is 1510. The maximum absolute atomic E-state index is 14.3. The maximum atomic E-state index is 14.3. The van der Waals surface area contributed by atoms with Gasteiger partial charge in [0.1, 0.15) is 29.9 Å². The van der Waals surface area contributed by atoms with Crippen LogP contribution in [-0.4, -0.2) is 64.2 Å². The van der Waals surface area contributed by atoms with Gasteiger partial charge < -0.3 is 19.7 Å². The van der Waals surface area contributed by atoms with Crippen molar-refractivity contribution in [1.29, 1.82) is 0 Å². The van der Waals surface area contributed by atoms with Gasteiger partial charge in [0.05, 0.1) is 26.2 Å². The lowest BCUT2D eigenvalue weighted by atomic mass is 9.94. The van der Waals surface area contributed by atoms with E-state index in [9.17, 15) is 22.4 Å². The molecule has 0 aromatic heterocycles. The number of carbonyl (C=O) groups excluding carboxylic acids is 2. The third-order valence-electron chi connectivity index (χ3n) is 7.82. The van der Waals surface area contributed by atoms with E-state index in [1.54, 1.807) is 18.2 Å². The summed E-state index contributed by atoms with van der Waals surface area (Å²) in [6.45, 7) is -0.628. The van der Waals surface area contributed by atoms with Crippen molar-refractivity contribution in [3.63, 3.8) is 0 Å². The summed E-state index contributed by atoms with van der Waals surface area (Å²) in [4.78, 5) is 29.7. The molecule has 1 saturated carbocycles. The average molecular weight is 626 g/mol. The average Bonchev–Trinajstić information content (AvgIpc) is 3.02. The van der Waals surface area contributed by atoms with Crippen LogP contribution in [0.3, 0.4) is 0 Å². The molecule has 0 bridgehead atoms. The minimum Gasteiger partial charge on any atom is -0.497 e. The van der Waals surface area contributed by atoms with E-state index in [1.807, 2.05) is 30.3 Å². The predicted octanol–water partition coefficient (Wildman–Crippen LogP) is 4.70. The summed E-state index contributed by atoms with van der Waals surface area (Å²) in [5.74, 6) is -0.701. The SMILES string of the molecule is COc1ccc(N(CC(=O)N(Cc2ccc(F)cc2)[C@H](Cc2ccccc2)C(=O)NC2CCCCC2)S(C)(=O)=O)c(OC)c1. The zero-order valence-corrected chi connectivity index (χ0v) is 26.2. The summed E-state index contributed by atoms with van der Waals surface area (Å²) < 4.78 is 51.7. The van der Waals surface area contributed by atoms with Crippen molar-refractivity contribution >= 4 is 27.5 Å². The molecule has 3 aromatic rings. The number of hydrogen-bond acceptors (Lipinski definition) is 6. The highest BCUT2D eigenvalue weighted by atomic mass is 32.2. The fourth-order valence-electron chi connectivity index (χ4n) is 5.47. The van der Waals surface area contributed by atoms with E-state index >= 15 is 0 Å². The lowest BCUT2D eigenvalue weighted by Gasteiger charge is -2.35. The van der Waals surface area contributed by atoms with Crippen LogP contribution < -0.4 is 19.1 Å². The van der Waals surface area contributed by atoms with Crippen LogP contribution >= 0.6 is 0 Å². The number of hydrogen-bond donors (Lipinski definition) is 1. The second-order valence-corrected chi connectivity index (χ2v) is 12.9. The molecule has 1 aliphatic carbocycles. The molecule has 9 nitrogen and oxygen atoms in total. The van der Waals surface area contributed by atoms with Gasteiger partial charge in [-0.3, -0.25) is 13.9 Å². The smallest absolute Gasteiger partial charge is 0.244 e. The lowest BCUT2D eigenvalue weighted by molar-refractivity contribution is -0.140. The number of anilines is 1. The number of nitrogens with zero attached hydrogens (tertiary/aromatic N) is 2. The number of amides is 2. The Kier molecular flexibility index (Phi) is 11.2. The zero-order valence-electron chi connectivity index (χ0n) is 25.4. The molecule has 1 atom stereocenters. The van der Waals surface area contributed by atoms with Gasteiger partial charge in [-0.25, -0.2) is 12.8 Å². The van der Waals surface area contributed by atoms with E-state index in [-0.39, 0.29) is 36.4 Å². The Morgan fingerprint density at radius 3 is 2.23 bits per heavy atom. The van der Waals surface area contributed by atoms with Crippen molar-refractivity contribution in [2.45, 2.75) is 57.2 Å². The molecule has 44 heavy (non-hydrogen) atoms. The van der Waals surface area contributed by atoms with E-state index in [0.29, 0.717) is 11.3 Å². The van der Waals surface area contributed by atoms with Crippen molar-refractivity contribution in [2.24, 2.45) is 0 Å². The Hall–Kier alpha value is -4.12. The number of halogens is 1. The number of nitrogens with one attached hydrogen (secondary N) is 1. The molecule has 3 aromatic carbocycles. The summed E-state index contributed by atoms with van der Waals surface area (Å²) in [5.41, 5.74) is 1.58. The van der Waals surface area contributed by atoms with E-state index in [1.165, 1.54) is 43.4 Å². The molecular weight excluding hydrogens is 585 g/mol. The van der Waals surface area contributed by atoms with Crippen molar-refractivity contribution < 1.29 is 31.9 Å². The summed E-state index contributed by atoms with van der Waals surface area (Å²) in [6, 6.07) is 18.7. The maximum Gasteiger partial charge on any atom is 0.244 e. The van der Waals surface area contributed by atoms with Crippen molar-refractivity contribution in [2.75, 3.05) is 31.3 Å². The molecule has 4 rings (SSSR count). The van der Waals surface area contributed by atoms with Crippen LogP contribution in [0.15, 0.2) is 72.8 Å². The first-order valence-electron chi connectivity index (χ1n) is 14.7. The van der Waals surface area contributed by atoms with Gasteiger partial charge in [0.2, 0.25) is 21.8 Å². The predicted molar refractivity (Wildman–Crippen MR) is 168 cm³/mol. The summed E-state index contributed by atoms with van der Waals surface area (Å²) in [6.07, 6.45) is 6.07. The van der Waals surface area contributed by atoms with Gasteiger partial charge in [0.25, 0.3) is 0 Å². The Labute approximate surface area is 259 Å². The molecule has 1 fully saturated rings. The standard InChI is InChI=1S/C33H40FN3O6S/c1-42-28-18-19-29(31(21-28)43-2)37(44(3,40)41)23-32(38)36(22-25-14-16-26(34)17-15-25)30(20-24-10-6-4-7-11-24)33(39)35-27-12-8-5-9-13-27/h4,6-7,10-11,14-19,21,27,30H,5,8-9,12-13,20,22-23H2,1-3H3,(H,35,39)/t30-/m1/s1. The van der Waals surface area contributed by atoms with Gasteiger partial charge in [-0.15, -0.1) is 0 Å². The van der Waals surface area contributed by atoms with Crippen molar-refractivity contribution in [3.8, 4) is 11.5 Å². The van der Waals surface area contributed by atoms with E-state index in [2.05, 4.69) is 5.32 Å². The minimum absolute atomic E-state index is 0.00613. The Morgan fingerprint density at radius 1 is 0.932 bits per heavy atom. The van der Waals surface area contributed by atoms with E-state index in [0.717, 1.165) is 48.2 Å². The summed E-state index contributed by atoms with van der Waals surface area (Å²) >= 11 is 0. The number of carbonyl (C=O) groups is 2. The monoisotopic (exact) mass is 625 g/mol. The molecule has 0 saturated heterocycles. The highest BCUT2D eigenvalue weighted by Crippen LogP contribution is 2.34. The molecule has 1 N–H and O–H groups in total. The molecule has 236 valence electrons. The van der Waals surface area contributed by atoms with Crippen LogP contribution in [0.1, 0.15) is 43.2 Å². The van der Waals surface area contributed by atoms with Crippen LogP contribution in [0.25, 0.3) is 0 Å². The molecule has 2 amide bonds. The molecular formula is C33H40FN3O6S. The summed E-state index contributed by atoms with van der Waals surface area (Å²) in [7, 11) is -1.12. The zero-order chi connectivity index (χ0) is 31.7. The third-order valence-corrected chi connectivity index (χ3v) is 8.95. The van der Waals surface area contributed by atoms with E-state index in [4.69, 9.17) is 9.47 Å². The number of benzene rings is 3. The molecule has 1 aliphatic rings. The molecule has 0 aliphatic heterocycles. The highest BCUT2D eigenvalue weighted by molar-refractivity contribution is 7.92.